The Kier molecular flexibility index (Phi) is 56.5. The summed E-state index contributed by atoms with van der Waals surface area (Å²) < 4.78 is 30.7. The normalized spacial score (nSPS) is 14.5. The second-order valence-corrected chi connectivity index (χ2v) is 24.0. The lowest BCUT2D eigenvalue weighted by Crippen LogP contribution is -2.47. The van der Waals surface area contributed by atoms with Gasteiger partial charge < -0.3 is 19.4 Å². The lowest BCUT2D eigenvalue weighted by molar-refractivity contribution is -0.870. The molecule has 0 spiro atoms. The Balaban J connectivity index is 5.27. The molecular formula is C71H122N2O7P+. The van der Waals surface area contributed by atoms with E-state index in [1.807, 2.05) is 33.3 Å². The van der Waals surface area contributed by atoms with Crippen LogP contribution < -0.4 is 5.32 Å². The van der Waals surface area contributed by atoms with Gasteiger partial charge in [-0.05, 0) is 128 Å². The van der Waals surface area contributed by atoms with E-state index in [9.17, 15) is 19.0 Å². The highest BCUT2D eigenvalue weighted by atomic mass is 31.2. The molecule has 0 bridgehead atoms. The summed E-state index contributed by atoms with van der Waals surface area (Å²) in [5.41, 5.74) is 0. The number of nitrogens with one attached hydrogen (secondary N) is 1. The predicted molar refractivity (Wildman–Crippen MR) is 350 cm³/mol. The van der Waals surface area contributed by atoms with Gasteiger partial charge in [-0.25, -0.2) is 4.57 Å². The molecule has 81 heavy (non-hydrogen) atoms. The number of amides is 1. The van der Waals surface area contributed by atoms with Crippen LogP contribution in [0.3, 0.4) is 0 Å². The van der Waals surface area contributed by atoms with Crippen LogP contribution in [0.2, 0.25) is 0 Å². The first kappa shape index (κ1) is 77.2. The average molecular weight is 1150 g/mol. The zero-order valence-corrected chi connectivity index (χ0v) is 53.6. The van der Waals surface area contributed by atoms with Gasteiger partial charge in [-0.1, -0.05) is 245 Å². The highest BCUT2D eigenvalue weighted by molar-refractivity contribution is 7.47. The predicted octanol–water partition coefficient (Wildman–Crippen LogP) is 20.4. The molecule has 0 aromatic rings. The van der Waals surface area contributed by atoms with Crippen molar-refractivity contribution >= 4 is 19.7 Å². The van der Waals surface area contributed by atoms with E-state index in [1.165, 1.54) is 89.9 Å². The van der Waals surface area contributed by atoms with E-state index in [0.29, 0.717) is 23.9 Å². The molecular weight excluding hydrogens is 1020 g/mol. The fraction of sp³-hybridized carbons (Fsp3) is 0.662. The molecule has 9 nitrogen and oxygen atoms in total. The number of likely N-dealkylation sites (N-methyl/N-ethyl adjacent to an activating group) is 1. The maximum atomic E-state index is 13.5. The van der Waals surface area contributed by atoms with Gasteiger partial charge in [0, 0.05) is 12.8 Å². The summed E-state index contributed by atoms with van der Waals surface area (Å²) in [7, 11) is 1.44. The number of allylic oxidation sites excluding steroid dienone is 21. The molecule has 3 unspecified atom stereocenters. The summed E-state index contributed by atoms with van der Waals surface area (Å²) in [6.45, 7) is 6.81. The molecule has 3 atom stereocenters. The third-order valence-corrected chi connectivity index (χ3v) is 14.6. The van der Waals surface area contributed by atoms with E-state index < -0.39 is 20.0 Å². The van der Waals surface area contributed by atoms with Gasteiger partial charge in [0.15, 0.2) is 0 Å². The van der Waals surface area contributed by atoms with Crippen molar-refractivity contribution < 1.29 is 37.3 Å². The summed E-state index contributed by atoms with van der Waals surface area (Å²) in [5.74, 6) is -0.577. The number of nitrogens with zero attached hydrogens (tertiary/aromatic N) is 1. The second-order valence-electron chi connectivity index (χ2n) is 22.5. The quantitative estimate of drug-likeness (QED) is 0.0205. The van der Waals surface area contributed by atoms with Crippen molar-refractivity contribution in [2.45, 2.75) is 264 Å². The second kappa shape index (κ2) is 59.3. The Morgan fingerprint density at radius 3 is 1.22 bits per heavy atom. The zero-order valence-electron chi connectivity index (χ0n) is 52.7. The summed E-state index contributed by atoms with van der Waals surface area (Å²) in [6, 6.07) is -0.886. The van der Waals surface area contributed by atoms with E-state index in [1.54, 1.807) is 0 Å². The number of hydrogen-bond donors (Lipinski definition) is 2. The van der Waals surface area contributed by atoms with Crippen LogP contribution in [0.15, 0.2) is 134 Å². The van der Waals surface area contributed by atoms with E-state index in [-0.39, 0.29) is 37.9 Å². The lowest BCUT2D eigenvalue weighted by atomic mass is 10.1. The molecule has 0 saturated heterocycles. The fourth-order valence-corrected chi connectivity index (χ4v) is 9.31. The molecule has 0 aromatic heterocycles. The van der Waals surface area contributed by atoms with Crippen LogP contribution in [-0.4, -0.2) is 74.3 Å². The monoisotopic (exact) mass is 1150 g/mol. The van der Waals surface area contributed by atoms with Crippen molar-refractivity contribution in [1.82, 2.24) is 5.32 Å². The van der Waals surface area contributed by atoms with E-state index >= 15 is 0 Å². The van der Waals surface area contributed by atoms with Crippen molar-refractivity contribution in [2.75, 3.05) is 40.9 Å². The first-order valence-electron chi connectivity index (χ1n) is 32.5. The van der Waals surface area contributed by atoms with Gasteiger partial charge in [-0.3, -0.25) is 18.6 Å². The molecule has 0 fully saturated rings. The standard InChI is InChI=1S/C71H121N2O7P/c1-7-10-13-16-19-22-25-27-29-31-33-35-36-38-40-42-44-46-49-52-55-58-61-64-71(75)80-69(62-59-56-53-50-47-24-21-18-15-12-9-3)68(67-79-81(76,77)78-66-65-73(4,5)6)72-70(74)63-60-57-54-51-48-45-43-41-39-37-34-32-30-28-26-23-20-17-14-11-8-2/h11,14,19-20,22-23,27-30,33-35,37-38,40-41,43,48,51,59,62,68-69H,7-10,12-13,15-18,21,24-26,31-32,36,39,42,44-47,49-50,52-58,60-61,63-67H2,1-6H3,(H-,72,74,76,77)/p+1/b14-11-,22-19-,23-20-,29-27-,30-28-,35-33-,37-34-,40-38-,43-41-,51-48-,62-59+. The van der Waals surface area contributed by atoms with Gasteiger partial charge >= 0.3 is 13.8 Å². The number of hydrogen-bond acceptors (Lipinski definition) is 6. The van der Waals surface area contributed by atoms with Crippen molar-refractivity contribution in [3.05, 3.63) is 134 Å². The van der Waals surface area contributed by atoms with Gasteiger partial charge in [0.25, 0.3) is 0 Å². The maximum Gasteiger partial charge on any atom is 0.472 e. The Bertz CT molecular complexity index is 1850. The fourth-order valence-electron chi connectivity index (χ4n) is 8.57. The van der Waals surface area contributed by atoms with Crippen LogP contribution in [0.1, 0.15) is 252 Å². The van der Waals surface area contributed by atoms with Crippen molar-refractivity contribution in [3.8, 4) is 0 Å². The SMILES string of the molecule is CC/C=C\C/C=C\C/C=C\C/C=C\C/C=C\C/C=C\CCCCC(=O)NC(COP(=O)(O)OCC[N+](C)(C)C)C(/C=C/CCCCCCCCCCC)OC(=O)CCCCCCCCC/C=C\C/C=C\C/C=C\C/C=C\CCCCC. The number of esters is 1. The van der Waals surface area contributed by atoms with Gasteiger partial charge in [0.05, 0.1) is 33.8 Å². The van der Waals surface area contributed by atoms with Crippen LogP contribution in [0, 0.1) is 0 Å². The Labute approximate surface area is 498 Å². The largest absolute Gasteiger partial charge is 0.472 e. The Hall–Kier alpha value is -3.85. The number of phosphoric ester groups is 1. The number of carbonyl (C=O) groups excluding carboxylic acids is 2. The van der Waals surface area contributed by atoms with E-state index in [4.69, 9.17) is 13.8 Å². The minimum Gasteiger partial charge on any atom is -0.456 e. The van der Waals surface area contributed by atoms with Crippen molar-refractivity contribution in [1.29, 1.82) is 0 Å². The van der Waals surface area contributed by atoms with Gasteiger partial charge in [-0.15, -0.1) is 0 Å². The molecule has 1 amide bonds. The van der Waals surface area contributed by atoms with Gasteiger partial charge in [-0.2, -0.15) is 0 Å². The van der Waals surface area contributed by atoms with Crippen LogP contribution in [0.4, 0.5) is 0 Å². The number of phosphoric acid groups is 1. The highest BCUT2D eigenvalue weighted by Gasteiger charge is 2.30. The molecule has 0 aromatic carbocycles. The highest BCUT2D eigenvalue weighted by Crippen LogP contribution is 2.43. The summed E-state index contributed by atoms with van der Waals surface area (Å²) >= 11 is 0. The third-order valence-electron chi connectivity index (χ3n) is 13.6. The lowest BCUT2D eigenvalue weighted by Gasteiger charge is -2.27. The minimum absolute atomic E-state index is 0.0221. The van der Waals surface area contributed by atoms with Crippen molar-refractivity contribution in [2.24, 2.45) is 0 Å². The Morgan fingerprint density at radius 1 is 0.444 bits per heavy atom. The topological polar surface area (TPSA) is 111 Å². The number of rotatable bonds is 57. The minimum atomic E-state index is -4.47. The Morgan fingerprint density at radius 2 is 0.790 bits per heavy atom. The molecule has 0 radical (unpaired) electrons. The molecule has 0 aliphatic heterocycles. The smallest absolute Gasteiger partial charge is 0.456 e. The molecule has 10 heteroatoms. The number of unbranched alkanes of at least 4 members (excludes halogenated alkanes) is 21. The van der Waals surface area contributed by atoms with Gasteiger partial charge in [0.1, 0.15) is 19.3 Å². The molecule has 0 heterocycles. The summed E-state index contributed by atoms with van der Waals surface area (Å²) in [5, 5.41) is 3.03. The molecule has 0 rings (SSSR count). The summed E-state index contributed by atoms with van der Waals surface area (Å²) in [6.07, 6.45) is 84.6. The van der Waals surface area contributed by atoms with E-state index in [0.717, 1.165) is 116 Å². The number of ether oxygens (including phenoxy) is 1. The molecule has 0 saturated carbocycles. The zero-order chi connectivity index (χ0) is 59.3. The van der Waals surface area contributed by atoms with Crippen molar-refractivity contribution in [3.63, 3.8) is 0 Å². The van der Waals surface area contributed by atoms with Crippen LogP contribution >= 0.6 is 7.82 Å². The maximum absolute atomic E-state index is 13.5. The third kappa shape index (κ3) is 60.6. The number of carbonyl (C=O) groups is 2. The molecule has 0 aliphatic carbocycles. The average Bonchev–Trinajstić information content (AvgIpc) is 3.44. The molecule has 462 valence electrons. The van der Waals surface area contributed by atoms with Crippen LogP contribution in [0.5, 0.6) is 0 Å². The first-order chi connectivity index (χ1) is 39.4. The van der Waals surface area contributed by atoms with E-state index in [2.05, 4.69) is 148 Å². The molecule has 2 N–H and O–H groups in total. The molecule has 0 aliphatic rings. The summed E-state index contributed by atoms with van der Waals surface area (Å²) in [4.78, 5) is 37.8. The van der Waals surface area contributed by atoms with Crippen LogP contribution in [0.25, 0.3) is 0 Å². The van der Waals surface area contributed by atoms with Crippen LogP contribution in [-0.2, 0) is 27.9 Å². The van der Waals surface area contributed by atoms with Gasteiger partial charge in [0.2, 0.25) is 5.91 Å². The number of quaternary nitrogens is 1. The first-order valence-corrected chi connectivity index (χ1v) is 34.0.